The average Bonchev–Trinajstić information content (AvgIpc) is 2.78. The van der Waals surface area contributed by atoms with Crippen LogP contribution in [0.5, 0.6) is 0 Å². The molecule has 0 aliphatic heterocycles. The molecule has 0 aromatic carbocycles. The second kappa shape index (κ2) is 4.36. The number of carbonyl (C=O) groups is 1. The Morgan fingerprint density at radius 2 is 2.12 bits per heavy atom. The van der Waals surface area contributed by atoms with Gasteiger partial charge in [0.2, 0.25) is 0 Å². The van der Waals surface area contributed by atoms with Crippen LogP contribution in [-0.2, 0) is 6.42 Å². The SMILES string of the molecule is CCc1nccnc1-c1ncc(C(=O)O)s1. The normalized spacial score (nSPS) is 10.3. The fraction of sp³-hybridized carbons (Fsp3) is 0.200. The molecule has 0 saturated carbocycles. The first-order valence-electron chi connectivity index (χ1n) is 4.71. The highest BCUT2D eigenvalue weighted by molar-refractivity contribution is 7.16. The van der Waals surface area contributed by atoms with Gasteiger partial charge in [-0.1, -0.05) is 6.92 Å². The first-order chi connectivity index (χ1) is 7.72. The highest BCUT2D eigenvalue weighted by Gasteiger charge is 2.13. The maximum absolute atomic E-state index is 10.7. The number of hydrogen-bond donors (Lipinski definition) is 1. The van der Waals surface area contributed by atoms with Crippen molar-refractivity contribution >= 4 is 17.3 Å². The summed E-state index contributed by atoms with van der Waals surface area (Å²) in [5, 5.41) is 9.41. The van der Waals surface area contributed by atoms with Crippen molar-refractivity contribution < 1.29 is 9.90 Å². The van der Waals surface area contributed by atoms with Crippen molar-refractivity contribution in [2.45, 2.75) is 13.3 Å². The smallest absolute Gasteiger partial charge is 0.347 e. The lowest BCUT2D eigenvalue weighted by molar-refractivity contribution is 0.0702. The molecule has 2 rings (SSSR count). The molecule has 1 N–H and O–H groups in total. The lowest BCUT2D eigenvalue weighted by atomic mass is 10.2. The summed E-state index contributed by atoms with van der Waals surface area (Å²) in [5.41, 5.74) is 1.50. The molecule has 2 aromatic rings. The molecule has 2 aromatic heterocycles. The number of rotatable bonds is 3. The first kappa shape index (κ1) is 10.7. The Morgan fingerprint density at radius 3 is 2.75 bits per heavy atom. The third-order valence-corrected chi connectivity index (χ3v) is 3.02. The van der Waals surface area contributed by atoms with Crippen LogP contribution in [0.3, 0.4) is 0 Å². The minimum atomic E-state index is -0.967. The van der Waals surface area contributed by atoms with Crippen LogP contribution < -0.4 is 0 Å². The predicted molar refractivity (Wildman–Crippen MR) is 59.5 cm³/mol. The molecule has 6 heteroatoms. The van der Waals surface area contributed by atoms with Gasteiger partial charge in [0.05, 0.1) is 11.9 Å². The fourth-order valence-corrected chi connectivity index (χ4v) is 2.06. The number of aryl methyl sites for hydroxylation is 1. The molecule has 2 heterocycles. The maximum Gasteiger partial charge on any atom is 0.347 e. The zero-order valence-electron chi connectivity index (χ0n) is 8.54. The van der Waals surface area contributed by atoms with E-state index < -0.39 is 5.97 Å². The van der Waals surface area contributed by atoms with E-state index in [2.05, 4.69) is 15.0 Å². The number of hydrogen-bond acceptors (Lipinski definition) is 5. The van der Waals surface area contributed by atoms with Crippen LogP contribution in [0, 0.1) is 0 Å². The summed E-state index contributed by atoms with van der Waals surface area (Å²) in [7, 11) is 0. The van der Waals surface area contributed by atoms with E-state index in [1.54, 1.807) is 12.4 Å². The van der Waals surface area contributed by atoms with Gasteiger partial charge in [0.15, 0.2) is 0 Å². The van der Waals surface area contributed by atoms with Gasteiger partial charge in [-0.15, -0.1) is 11.3 Å². The highest BCUT2D eigenvalue weighted by Crippen LogP contribution is 2.25. The quantitative estimate of drug-likeness (QED) is 0.878. The van der Waals surface area contributed by atoms with E-state index in [4.69, 9.17) is 5.11 Å². The van der Waals surface area contributed by atoms with E-state index in [0.717, 1.165) is 23.5 Å². The minimum Gasteiger partial charge on any atom is -0.477 e. The van der Waals surface area contributed by atoms with Crippen molar-refractivity contribution in [1.82, 2.24) is 15.0 Å². The van der Waals surface area contributed by atoms with Gasteiger partial charge in [-0.3, -0.25) is 9.97 Å². The molecule has 0 aliphatic carbocycles. The van der Waals surface area contributed by atoms with Crippen molar-refractivity contribution in [2.24, 2.45) is 0 Å². The second-order valence-electron chi connectivity index (χ2n) is 3.04. The van der Waals surface area contributed by atoms with Crippen LogP contribution in [0.1, 0.15) is 22.3 Å². The average molecular weight is 235 g/mol. The maximum atomic E-state index is 10.7. The monoisotopic (exact) mass is 235 g/mol. The first-order valence-corrected chi connectivity index (χ1v) is 5.53. The van der Waals surface area contributed by atoms with Crippen molar-refractivity contribution in [3.05, 3.63) is 29.2 Å². The molecule has 82 valence electrons. The van der Waals surface area contributed by atoms with Crippen LogP contribution in [0.4, 0.5) is 0 Å². The van der Waals surface area contributed by atoms with E-state index in [9.17, 15) is 4.79 Å². The molecule has 0 saturated heterocycles. The zero-order valence-corrected chi connectivity index (χ0v) is 9.36. The molecule has 0 spiro atoms. The van der Waals surface area contributed by atoms with Crippen LogP contribution in [0.15, 0.2) is 18.6 Å². The van der Waals surface area contributed by atoms with Gasteiger partial charge in [0.1, 0.15) is 15.6 Å². The van der Waals surface area contributed by atoms with Gasteiger partial charge in [-0.2, -0.15) is 0 Å². The summed E-state index contributed by atoms with van der Waals surface area (Å²) in [4.78, 5) is 23.4. The fourth-order valence-electron chi connectivity index (χ4n) is 1.29. The number of carboxylic acids is 1. The molecule has 0 fully saturated rings. The third kappa shape index (κ3) is 1.92. The van der Waals surface area contributed by atoms with Crippen molar-refractivity contribution in [2.75, 3.05) is 0 Å². The van der Waals surface area contributed by atoms with Gasteiger partial charge in [-0.25, -0.2) is 9.78 Å². The van der Waals surface area contributed by atoms with Crippen LogP contribution in [0.25, 0.3) is 10.7 Å². The Bertz CT molecular complexity index is 524. The lowest BCUT2D eigenvalue weighted by Crippen LogP contribution is -1.94. The van der Waals surface area contributed by atoms with Crippen molar-refractivity contribution in [1.29, 1.82) is 0 Å². The van der Waals surface area contributed by atoms with Gasteiger partial charge >= 0.3 is 5.97 Å². The van der Waals surface area contributed by atoms with E-state index in [-0.39, 0.29) is 4.88 Å². The predicted octanol–water partition coefficient (Wildman–Crippen LogP) is 1.86. The second-order valence-corrected chi connectivity index (χ2v) is 4.07. The third-order valence-electron chi connectivity index (χ3n) is 2.03. The Balaban J connectivity index is 2.46. The lowest BCUT2D eigenvalue weighted by Gasteiger charge is -2.00. The van der Waals surface area contributed by atoms with Crippen LogP contribution in [-0.4, -0.2) is 26.0 Å². The van der Waals surface area contributed by atoms with Gasteiger partial charge < -0.3 is 5.11 Å². The van der Waals surface area contributed by atoms with E-state index in [1.807, 2.05) is 6.92 Å². The van der Waals surface area contributed by atoms with Crippen LogP contribution in [0.2, 0.25) is 0 Å². The largest absolute Gasteiger partial charge is 0.477 e. The molecule has 0 atom stereocenters. The Labute approximate surface area is 95.8 Å². The van der Waals surface area contributed by atoms with Gasteiger partial charge in [0, 0.05) is 12.4 Å². The summed E-state index contributed by atoms with van der Waals surface area (Å²) in [5.74, 6) is -0.967. The molecular weight excluding hydrogens is 226 g/mol. The standard InChI is InChI=1S/C10H9N3O2S/c1-2-6-8(12-4-3-11-6)9-13-5-7(16-9)10(14)15/h3-5H,2H2,1H3,(H,14,15). The summed E-state index contributed by atoms with van der Waals surface area (Å²) in [6.07, 6.45) is 5.28. The molecule has 0 aliphatic rings. The summed E-state index contributed by atoms with van der Waals surface area (Å²) >= 11 is 1.11. The van der Waals surface area contributed by atoms with Crippen molar-refractivity contribution in [3.8, 4) is 10.7 Å². The molecular formula is C10H9N3O2S. The molecule has 5 nitrogen and oxygen atoms in total. The number of thiazole rings is 1. The topological polar surface area (TPSA) is 76.0 Å². The molecule has 0 amide bonds. The number of aromatic carboxylic acids is 1. The highest BCUT2D eigenvalue weighted by atomic mass is 32.1. The van der Waals surface area contributed by atoms with E-state index in [0.29, 0.717) is 10.7 Å². The number of nitrogens with zero attached hydrogens (tertiary/aromatic N) is 3. The number of aromatic nitrogens is 3. The Kier molecular flexibility index (Phi) is 2.91. The van der Waals surface area contributed by atoms with E-state index >= 15 is 0 Å². The molecule has 0 unspecified atom stereocenters. The van der Waals surface area contributed by atoms with Gasteiger partial charge in [0.25, 0.3) is 0 Å². The Hall–Kier alpha value is -1.82. The minimum absolute atomic E-state index is 0.211. The summed E-state index contributed by atoms with van der Waals surface area (Å²) in [6, 6.07) is 0. The number of carboxylic acid groups (broad SMARTS) is 1. The zero-order chi connectivity index (χ0) is 11.5. The van der Waals surface area contributed by atoms with Crippen LogP contribution >= 0.6 is 11.3 Å². The van der Waals surface area contributed by atoms with E-state index in [1.165, 1.54) is 6.20 Å². The summed E-state index contributed by atoms with van der Waals surface area (Å²) in [6.45, 7) is 1.97. The summed E-state index contributed by atoms with van der Waals surface area (Å²) < 4.78 is 0. The molecule has 0 bridgehead atoms. The Morgan fingerprint density at radius 1 is 1.38 bits per heavy atom. The van der Waals surface area contributed by atoms with Crippen molar-refractivity contribution in [3.63, 3.8) is 0 Å². The van der Waals surface area contributed by atoms with Gasteiger partial charge in [-0.05, 0) is 6.42 Å². The molecule has 16 heavy (non-hydrogen) atoms. The molecule has 0 radical (unpaired) electrons.